The first-order chi connectivity index (χ1) is 9.20. The van der Waals surface area contributed by atoms with E-state index in [2.05, 4.69) is 36.7 Å². The van der Waals surface area contributed by atoms with E-state index in [4.69, 9.17) is 0 Å². The highest BCUT2D eigenvalue weighted by atomic mass is 79.9. The predicted molar refractivity (Wildman–Crippen MR) is 82.0 cm³/mol. The molecular weight excluding hydrogens is 319 g/mol. The maximum absolute atomic E-state index is 13.2. The van der Waals surface area contributed by atoms with Gasteiger partial charge < -0.3 is 5.11 Å². The van der Waals surface area contributed by atoms with E-state index in [1.165, 1.54) is 18.6 Å². The SMILES string of the molecule is CC12CCC(C1)C(C)(C)C2(O)Cc1ccc(F)cc1Br. The average molecular weight is 341 g/mol. The van der Waals surface area contributed by atoms with Crippen molar-refractivity contribution >= 4 is 15.9 Å². The minimum atomic E-state index is -0.719. The van der Waals surface area contributed by atoms with E-state index < -0.39 is 5.60 Å². The summed E-state index contributed by atoms with van der Waals surface area (Å²) in [6, 6.07) is 4.76. The maximum Gasteiger partial charge on any atom is 0.124 e. The normalized spacial score (nSPS) is 38.4. The maximum atomic E-state index is 13.2. The second-order valence-electron chi connectivity index (χ2n) is 7.49. The third kappa shape index (κ3) is 1.75. The van der Waals surface area contributed by atoms with Crippen LogP contribution in [0.2, 0.25) is 0 Å². The van der Waals surface area contributed by atoms with Gasteiger partial charge in [-0.2, -0.15) is 0 Å². The van der Waals surface area contributed by atoms with Crippen LogP contribution in [-0.2, 0) is 6.42 Å². The molecule has 3 unspecified atom stereocenters. The lowest BCUT2D eigenvalue weighted by Gasteiger charge is -2.51. The molecule has 1 aromatic rings. The first kappa shape index (κ1) is 14.5. The molecule has 110 valence electrons. The Bertz CT molecular complexity index is 549. The summed E-state index contributed by atoms with van der Waals surface area (Å²) in [7, 11) is 0. The van der Waals surface area contributed by atoms with Gasteiger partial charge in [-0.25, -0.2) is 4.39 Å². The fourth-order valence-corrected chi connectivity index (χ4v) is 5.22. The molecule has 0 saturated heterocycles. The summed E-state index contributed by atoms with van der Waals surface area (Å²) in [5, 5.41) is 11.5. The highest BCUT2D eigenvalue weighted by Crippen LogP contribution is 2.68. The van der Waals surface area contributed by atoms with Gasteiger partial charge in [0.2, 0.25) is 0 Å². The standard InChI is InChI=1S/C17H22BrFO/c1-15(2)12-6-7-16(3,10-12)17(15,20)9-11-4-5-13(19)8-14(11)18/h4-5,8,12,20H,6-7,9-10H2,1-3H3. The van der Waals surface area contributed by atoms with Crippen molar-refractivity contribution in [2.75, 3.05) is 0 Å². The summed E-state index contributed by atoms with van der Waals surface area (Å²) >= 11 is 3.44. The molecule has 2 aliphatic carbocycles. The Morgan fingerprint density at radius 2 is 2.05 bits per heavy atom. The number of halogens is 2. The van der Waals surface area contributed by atoms with Crippen LogP contribution in [0.5, 0.6) is 0 Å². The third-order valence-electron chi connectivity index (χ3n) is 6.29. The topological polar surface area (TPSA) is 20.2 Å². The van der Waals surface area contributed by atoms with Crippen molar-refractivity contribution in [3.8, 4) is 0 Å². The lowest BCUT2D eigenvalue weighted by atomic mass is 9.58. The van der Waals surface area contributed by atoms with E-state index in [1.54, 1.807) is 6.07 Å². The molecule has 0 aliphatic heterocycles. The van der Waals surface area contributed by atoms with Crippen LogP contribution >= 0.6 is 15.9 Å². The summed E-state index contributed by atoms with van der Waals surface area (Å²) < 4.78 is 14.0. The molecule has 20 heavy (non-hydrogen) atoms. The van der Waals surface area contributed by atoms with Gasteiger partial charge in [0.05, 0.1) is 5.60 Å². The highest BCUT2D eigenvalue weighted by Gasteiger charge is 2.68. The lowest BCUT2D eigenvalue weighted by molar-refractivity contribution is -0.142. The zero-order valence-electron chi connectivity index (χ0n) is 12.3. The minimum absolute atomic E-state index is 0.0189. The van der Waals surface area contributed by atoms with Gasteiger partial charge in [0.25, 0.3) is 0 Å². The van der Waals surface area contributed by atoms with Gasteiger partial charge in [-0.05, 0) is 53.7 Å². The summed E-state index contributed by atoms with van der Waals surface area (Å²) in [6.45, 7) is 6.61. The van der Waals surface area contributed by atoms with Crippen LogP contribution in [0.15, 0.2) is 22.7 Å². The average Bonchev–Trinajstić information content (AvgIpc) is 2.81. The fraction of sp³-hybridized carbons (Fsp3) is 0.647. The number of benzene rings is 1. The van der Waals surface area contributed by atoms with Crippen LogP contribution in [0.25, 0.3) is 0 Å². The molecule has 0 aromatic heterocycles. The van der Waals surface area contributed by atoms with Crippen LogP contribution in [0.1, 0.15) is 45.6 Å². The first-order valence-corrected chi connectivity index (χ1v) is 8.15. The van der Waals surface area contributed by atoms with Gasteiger partial charge >= 0.3 is 0 Å². The molecule has 0 radical (unpaired) electrons. The minimum Gasteiger partial charge on any atom is -0.388 e. The van der Waals surface area contributed by atoms with Crippen LogP contribution in [0, 0.1) is 22.6 Å². The van der Waals surface area contributed by atoms with Crippen LogP contribution in [-0.4, -0.2) is 10.7 Å². The molecule has 2 saturated carbocycles. The van der Waals surface area contributed by atoms with Gasteiger partial charge in [0.1, 0.15) is 5.82 Å². The highest BCUT2D eigenvalue weighted by molar-refractivity contribution is 9.10. The van der Waals surface area contributed by atoms with Gasteiger partial charge in [-0.15, -0.1) is 0 Å². The Morgan fingerprint density at radius 1 is 1.35 bits per heavy atom. The van der Waals surface area contributed by atoms with E-state index in [1.807, 2.05) is 0 Å². The zero-order chi connectivity index (χ0) is 14.8. The van der Waals surface area contributed by atoms with Crippen molar-refractivity contribution in [3.63, 3.8) is 0 Å². The van der Waals surface area contributed by atoms with Gasteiger partial charge in [-0.3, -0.25) is 0 Å². The van der Waals surface area contributed by atoms with Crippen molar-refractivity contribution in [2.45, 2.75) is 52.1 Å². The predicted octanol–water partition coefficient (Wildman–Crippen LogP) is 4.71. The molecule has 1 aromatic carbocycles. The van der Waals surface area contributed by atoms with Crippen molar-refractivity contribution in [2.24, 2.45) is 16.7 Å². The summed E-state index contributed by atoms with van der Waals surface area (Å²) in [5.41, 5.74) is 0.169. The molecule has 2 fully saturated rings. The Balaban J connectivity index is 2.00. The molecule has 2 bridgehead atoms. The third-order valence-corrected chi connectivity index (χ3v) is 7.03. The van der Waals surface area contributed by atoms with E-state index >= 15 is 0 Å². The summed E-state index contributed by atoms with van der Waals surface area (Å²) in [6.07, 6.45) is 4.01. The van der Waals surface area contributed by atoms with Gasteiger partial charge in [-0.1, -0.05) is 42.8 Å². The Kier molecular flexibility index (Phi) is 3.12. The van der Waals surface area contributed by atoms with E-state index in [0.29, 0.717) is 12.3 Å². The first-order valence-electron chi connectivity index (χ1n) is 7.36. The fourth-order valence-electron chi connectivity index (χ4n) is 4.73. The molecule has 1 nitrogen and oxygen atoms in total. The number of hydrogen-bond donors (Lipinski definition) is 1. The number of fused-ring (bicyclic) bond motifs is 2. The quantitative estimate of drug-likeness (QED) is 0.826. The van der Waals surface area contributed by atoms with E-state index in [9.17, 15) is 9.50 Å². The number of aliphatic hydroxyl groups is 1. The van der Waals surface area contributed by atoms with Crippen LogP contribution in [0.4, 0.5) is 4.39 Å². The van der Waals surface area contributed by atoms with E-state index in [-0.39, 0.29) is 16.6 Å². The van der Waals surface area contributed by atoms with Crippen molar-refractivity contribution in [1.82, 2.24) is 0 Å². The monoisotopic (exact) mass is 340 g/mol. The summed E-state index contributed by atoms with van der Waals surface area (Å²) in [4.78, 5) is 0. The second kappa shape index (κ2) is 4.30. The number of hydrogen-bond acceptors (Lipinski definition) is 1. The molecular formula is C17H22BrFO. The largest absolute Gasteiger partial charge is 0.388 e. The zero-order valence-corrected chi connectivity index (χ0v) is 13.9. The Labute approximate surface area is 128 Å². The van der Waals surface area contributed by atoms with Crippen LogP contribution in [0.3, 0.4) is 0 Å². The van der Waals surface area contributed by atoms with E-state index in [0.717, 1.165) is 22.9 Å². The molecule has 3 atom stereocenters. The Hall–Kier alpha value is -0.410. The molecule has 1 N–H and O–H groups in total. The molecule has 0 spiro atoms. The van der Waals surface area contributed by atoms with Crippen molar-refractivity contribution < 1.29 is 9.50 Å². The molecule has 0 amide bonds. The molecule has 3 heteroatoms. The van der Waals surface area contributed by atoms with Crippen LogP contribution < -0.4 is 0 Å². The molecule has 3 rings (SSSR count). The second-order valence-corrected chi connectivity index (χ2v) is 8.35. The molecule has 2 aliphatic rings. The number of rotatable bonds is 2. The smallest absolute Gasteiger partial charge is 0.124 e. The van der Waals surface area contributed by atoms with Gasteiger partial charge in [0, 0.05) is 10.9 Å². The van der Waals surface area contributed by atoms with Gasteiger partial charge in [0.15, 0.2) is 0 Å². The van der Waals surface area contributed by atoms with Crippen molar-refractivity contribution in [3.05, 3.63) is 34.1 Å². The lowest BCUT2D eigenvalue weighted by Crippen LogP contribution is -2.55. The molecule has 0 heterocycles. The Morgan fingerprint density at radius 3 is 2.60 bits per heavy atom. The summed E-state index contributed by atoms with van der Waals surface area (Å²) in [5.74, 6) is 0.350. The van der Waals surface area contributed by atoms with Crippen molar-refractivity contribution in [1.29, 1.82) is 0 Å².